The Labute approximate surface area is 518 Å². The SMILES string of the molecule is Cc1cc2c(cc1Cc1c3n(c4ccc(Cl)cc14)CC(C(=O)O)CC3)CCS2(=O)=O.Cc1cc2c(cc1Cc1c3n(c4ccc(F)cc14)CC(C(=O)O)CC3)CCS2(=O)=O.O=C(O)C1CCc2c(Cc3cccc4c3CCS4(=O)=O)c3cc(F)ccc3n2C1. The van der Waals surface area contributed by atoms with Gasteiger partial charge in [0.05, 0.1) is 49.7 Å². The van der Waals surface area contributed by atoms with Gasteiger partial charge in [0.15, 0.2) is 29.5 Å². The maximum Gasteiger partial charge on any atom is 0.308 e. The van der Waals surface area contributed by atoms with Crippen LogP contribution in [-0.4, -0.2) is 89.4 Å². The summed E-state index contributed by atoms with van der Waals surface area (Å²) in [6.07, 6.45) is 7.00. The lowest BCUT2D eigenvalue weighted by molar-refractivity contribution is -0.143. The van der Waals surface area contributed by atoms with Gasteiger partial charge >= 0.3 is 17.9 Å². The van der Waals surface area contributed by atoms with Gasteiger partial charge in [-0.15, -0.1) is 0 Å². The Bertz CT molecular complexity index is 4690. The molecule has 9 heterocycles. The fourth-order valence-corrected chi connectivity index (χ4v) is 19.8. The summed E-state index contributed by atoms with van der Waals surface area (Å²) in [7, 11) is -9.56. The van der Waals surface area contributed by atoms with Crippen LogP contribution >= 0.6 is 11.6 Å². The quantitative estimate of drug-likeness (QED) is 0.123. The first-order valence-electron chi connectivity index (χ1n) is 29.9. The van der Waals surface area contributed by atoms with E-state index in [1.807, 2.05) is 65.4 Å². The van der Waals surface area contributed by atoms with Crippen LogP contribution in [0.5, 0.6) is 0 Å². The fraction of sp³-hybridized carbons (Fsp3) is 0.338. The Morgan fingerprint density at radius 2 is 0.854 bits per heavy atom. The fourth-order valence-electron chi connectivity index (χ4n) is 14.8. The molecule has 21 heteroatoms. The van der Waals surface area contributed by atoms with Crippen molar-refractivity contribution in [3.63, 3.8) is 0 Å². The van der Waals surface area contributed by atoms with Crippen LogP contribution in [0.2, 0.25) is 5.02 Å². The van der Waals surface area contributed by atoms with Crippen LogP contribution in [0.25, 0.3) is 32.7 Å². The molecule has 0 spiro atoms. The summed E-state index contributed by atoms with van der Waals surface area (Å²) in [4.78, 5) is 35.9. The predicted octanol–water partition coefficient (Wildman–Crippen LogP) is 11.2. The minimum atomic E-state index is -3.22. The van der Waals surface area contributed by atoms with Gasteiger partial charge in [-0.3, -0.25) is 14.4 Å². The molecule has 15 rings (SSSR count). The van der Waals surface area contributed by atoms with Gasteiger partial charge in [-0.05, 0) is 206 Å². The molecule has 0 saturated carbocycles. The van der Waals surface area contributed by atoms with E-state index in [2.05, 4.69) is 4.57 Å². The minimum Gasteiger partial charge on any atom is -0.481 e. The smallest absolute Gasteiger partial charge is 0.308 e. The summed E-state index contributed by atoms with van der Waals surface area (Å²) in [5, 5.41) is 31.7. The molecule has 3 atom stereocenters. The number of aliphatic carboxylic acids is 3. The second kappa shape index (κ2) is 22.7. The van der Waals surface area contributed by atoms with Gasteiger partial charge in [-0.25, -0.2) is 34.0 Å². The maximum atomic E-state index is 14.1. The van der Waals surface area contributed by atoms with E-state index in [1.165, 1.54) is 29.8 Å². The average molecular weight is 1280 g/mol. The zero-order chi connectivity index (χ0) is 62.7. The third-order valence-electron chi connectivity index (χ3n) is 19.5. The van der Waals surface area contributed by atoms with Crippen molar-refractivity contribution in [3.05, 3.63) is 192 Å². The third-order valence-corrected chi connectivity index (χ3v) is 25.1. The molecule has 9 aromatic rings. The highest BCUT2D eigenvalue weighted by atomic mass is 35.5. The molecular weight excluding hydrogens is 1220 g/mol. The normalized spacial score (nSPS) is 19.7. The number of benzene rings is 6. The Hall–Kier alpha value is -7.65. The highest BCUT2D eigenvalue weighted by molar-refractivity contribution is 7.92. The molecule has 6 aliphatic rings. The number of halogens is 3. The Balaban J connectivity index is 0.000000123. The van der Waals surface area contributed by atoms with Crippen LogP contribution in [0.15, 0.2) is 112 Å². The monoisotopic (exact) mass is 1280 g/mol. The number of nitrogens with zero attached hydrogens (tertiary/aromatic N) is 3. The summed E-state index contributed by atoms with van der Waals surface area (Å²) >= 11 is 6.31. The molecule has 3 N–H and O–H groups in total. The Morgan fingerprint density at radius 1 is 0.472 bits per heavy atom. The van der Waals surface area contributed by atoms with Crippen LogP contribution in [-0.2, 0) is 121 Å². The van der Waals surface area contributed by atoms with Crippen molar-refractivity contribution in [2.24, 2.45) is 17.8 Å². The topological polar surface area (TPSA) is 229 Å². The molecular formula is C68H64ClF2N3O12S3. The van der Waals surface area contributed by atoms with E-state index < -0.39 is 59.3 Å². The van der Waals surface area contributed by atoms with Crippen molar-refractivity contribution in [2.45, 2.75) is 125 Å². The molecule has 89 heavy (non-hydrogen) atoms. The van der Waals surface area contributed by atoms with E-state index in [-0.39, 0.29) is 34.8 Å². The van der Waals surface area contributed by atoms with Gasteiger partial charge in [0.25, 0.3) is 0 Å². The van der Waals surface area contributed by atoms with Crippen LogP contribution < -0.4 is 0 Å². The first kappa shape index (κ1) is 60.3. The molecule has 0 fully saturated rings. The lowest BCUT2D eigenvalue weighted by Gasteiger charge is -2.23. The molecule has 6 aliphatic heterocycles. The summed E-state index contributed by atoms with van der Waals surface area (Å²) < 4.78 is 108. The molecule has 15 nitrogen and oxygen atoms in total. The number of rotatable bonds is 9. The van der Waals surface area contributed by atoms with E-state index >= 15 is 0 Å². The standard InChI is InChI=1S/C23H22ClNO4S.C23H22FNO4S.C22H20FNO4S/c2*1-13-8-22-14(6-7-30(22,28)29)9-16(13)10-18-19-11-17(24)3-5-21(19)25-12-15(23(26)27)2-4-20(18)25;23-15-5-7-20-18(11-15)17(19-6-4-14(22(25)26)12-24(19)20)10-13-2-1-3-21-16(13)8-9-29(21,27)28/h2*3,5,8-9,11,15H,2,4,6-7,10,12H2,1H3,(H,26,27);1-3,5,7,11,14H,4,6,8-10,12H2,(H,25,26). The number of carboxylic acid groups (broad SMARTS) is 3. The second-order valence-corrected chi connectivity index (χ2v) is 31.4. The van der Waals surface area contributed by atoms with Crippen LogP contribution in [0, 0.1) is 43.2 Å². The van der Waals surface area contributed by atoms with Crippen LogP contribution in [0.3, 0.4) is 0 Å². The van der Waals surface area contributed by atoms with Crippen molar-refractivity contribution in [1.29, 1.82) is 0 Å². The number of aromatic nitrogens is 3. The van der Waals surface area contributed by atoms with E-state index in [9.17, 15) is 63.7 Å². The third kappa shape index (κ3) is 10.9. The number of sulfone groups is 3. The predicted molar refractivity (Wildman–Crippen MR) is 334 cm³/mol. The van der Waals surface area contributed by atoms with E-state index in [1.54, 1.807) is 30.3 Å². The maximum absolute atomic E-state index is 14.1. The number of carboxylic acids is 3. The molecule has 0 radical (unpaired) electrons. The lowest BCUT2D eigenvalue weighted by Crippen LogP contribution is -2.26. The second-order valence-electron chi connectivity index (χ2n) is 24.7. The highest BCUT2D eigenvalue weighted by Crippen LogP contribution is 2.41. The first-order chi connectivity index (χ1) is 42.3. The minimum absolute atomic E-state index is 0.128. The van der Waals surface area contributed by atoms with Gasteiger partial charge < -0.3 is 29.0 Å². The highest BCUT2D eigenvalue weighted by Gasteiger charge is 2.35. The van der Waals surface area contributed by atoms with Gasteiger partial charge in [0.2, 0.25) is 0 Å². The van der Waals surface area contributed by atoms with Gasteiger partial charge in [-0.2, -0.15) is 0 Å². The Morgan fingerprint density at radius 3 is 1.28 bits per heavy atom. The summed E-state index contributed by atoms with van der Waals surface area (Å²) in [6.45, 7) is 5.09. The molecule has 462 valence electrons. The summed E-state index contributed by atoms with van der Waals surface area (Å²) in [5.41, 5.74) is 16.7. The molecule has 3 unspecified atom stereocenters. The number of carbonyl (C=O) groups is 3. The molecule has 0 amide bonds. The van der Waals surface area contributed by atoms with Crippen molar-refractivity contribution in [1.82, 2.24) is 13.7 Å². The van der Waals surface area contributed by atoms with E-state index in [0.717, 1.165) is 105 Å². The number of hydrogen-bond acceptors (Lipinski definition) is 9. The van der Waals surface area contributed by atoms with Gasteiger partial charge in [0.1, 0.15) is 11.6 Å². The summed E-state index contributed by atoms with van der Waals surface area (Å²) in [6, 6.07) is 28.0. The van der Waals surface area contributed by atoms with E-state index in [0.29, 0.717) is 116 Å². The molecule has 0 saturated heterocycles. The Kier molecular flexibility index (Phi) is 15.4. The summed E-state index contributed by atoms with van der Waals surface area (Å²) in [5.74, 6) is -3.86. The number of fused-ring (bicyclic) bond motifs is 12. The molecule has 3 aromatic heterocycles. The average Bonchev–Trinajstić information content (AvgIpc) is 1.65. The van der Waals surface area contributed by atoms with E-state index in [4.69, 9.17) is 11.6 Å². The van der Waals surface area contributed by atoms with Crippen LogP contribution in [0.1, 0.15) is 97.5 Å². The lowest BCUT2D eigenvalue weighted by atomic mass is 9.92. The molecule has 0 aliphatic carbocycles. The van der Waals surface area contributed by atoms with Crippen molar-refractivity contribution in [2.75, 3.05) is 17.3 Å². The van der Waals surface area contributed by atoms with Crippen molar-refractivity contribution in [3.8, 4) is 0 Å². The number of aryl methyl sites for hydroxylation is 4. The zero-order valence-electron chi connectivity index (χ0n) is 48.9. The van der Waals surface area contributed by atoms with Crippen molar-refractivity contribution < 1.29 is 63.7 Å². The number of hydrogen-bond donors (Lipinski definition) is 3. The molecule has 0 bridgehead atoms. The largest absolute Gasteiger partial charge is 0.481 e. The van der Waals surface area contributed by atoms with Gasteiger partial charge in [0, 0.05) is 93.7 Å². The first-order valence-corrected chi connectivity index (χ1v) is 35.3. The van der Waals surface area contributed by atoms with Crippen LogP contribution in [0.4, 0.5) is 8.78 Å². The van der Waals surface area contributed by atoms with Crippen molar-refractivity contribution >= 4 is 91.7 Å². The van der Waals surface area contributed by atoms with Gasteiger partial charge in [-0.1, -0.05) is 35.9 Å². The zero-order valence-corrected chi connectivity index (χ0v) is 52.1. The molecule has 6 aromatic carbocycles.